The lowest BCUT2D eigenvalue weighted by atomic mass is 9.92. The topological polar surface area (TPSA) is 70.2 Å². The lowest BCUT2D eigenvalue weighted by molar-refractivity contribution is 0.0627. The predicted molar refractivity (Wildman–Crippen MR) is 171 cm³/mol. The fourth-order valence-electron chi connectivity index (χ4n) is 6.58. The normalized spacial score (nSPS) is 21.1. The molecule has 0 aromatic heterocycles. The summed E-state index contributed by atoms with van der Waals surface area (Å²) in [5, 5.41) is 0.668. The minimum Gasteiger partial charge on any atom is -0.445 e. The molecule has 9 heteroatoms. The molecule has 230 valence electrons. The fourth-order valence-corrected chi connectivity index (χ4v) is 8.03. The highest BCUT2D eigenvalue weighted by Crippen LogP contribution is 2.57. The van der Waals surface area contributed by atoms with Crippen LogP contribution < -0.4 is 0 Å². The Morgan fingerprint density at radius 3 is 2.33 bits per heavy atom. The van der Waals surface area contributed by atoms with Crippen LogP contribution in [-0.2, 0) is 26.8 Å². The molecule has 2 aliphatic rings. The van der Waals surface area contributed by atoms with Crippen molar-refractivity contribution in [2.24, 2.45) is 5.92 Å². The molecule has 43 heavy (non-hydrogen) atoms. The molecular formula is C34H42ClN3O4S. The number of carbonyl (C=O) groups excluding carboxylic acids is 1. The summed E-state index contributed by atoms with van der Waals surface area (Å²) in [5.41, 5.74) is 1.83. The summed E-state index contributed by atoms with van der Waals surface area (Å²) in [6, 6.07) is 26.5. The molecule has 1 saturated carbocycles. The smallest absolute Gasteiger partial charge is 0.410 e. The van der Waals surface area contributed by atoms with E-state index in [-0.39, 0.29) is 24.2 Å². The number of ether oxygens (including phenoxy) is 1. The minimum absolute atomic E-state index is 0.174. The molecule has 1 aliphatic carbocycles. The molecule has 7 nitrogen and oxygen atoms in total. The van der Waals surface area contributed by atoms with Crippen LogP contribution in [0, 0.1) is 5.92 Å². The number of hydrogen-bond acceptors (Lipinski definition) is 5. The quantitative estimate of drug-likeness (QED) is 0.233. The van der Waals surface area contributed by atoms with E-state index in [1.807, 2.05) is 66.4 Å². The zero-order valence-corrected chi connectivity index (χ0v) is 26.6. The zero-order chi connectivity index (χ0) is 30.5. The SMILES string of the molecule is CCN(C(=O)OCc1ccccc1)C1CCN(CC[C@@H]2C[C@@]2(CN(C)S(=O)(=O)c2ccccc2)c2cccc(Cl)c2)CC1. The first kappa shape index (κ1) is 31.5. The van der Waals surface area contributed by atoms with Crippen molar-refractivity contribution in [2.45, 2.75) is 55.6 Å². The number of halogens is 1. The second kappa shape index (κ2) is 13.8. The average molecular weight is 624 g/mol. The van der Waals surface area contributed by atoms with E-state index in [1.54, 1.807) is 31.3 Å². The molecule has 2 atom stereocenters. The van der Waals surface area contributed by atoms with E-state index < -0.39 is 10.0 Å². The van der Waals surface area contributed by atoms with Crippen LogP contribution in [0.1, 0.15) is 43.7 Å². The largest absolute Gasteiger partial charge is 0.445 e. The molecule has 3 aromatic carbocycles. The van der Waals surface area contributed by atoms with Crippen molar-refractivity contribution in [2.75, 3.05) is 39.8 Å². The number of benzene rings is 3. The Labute approximate surface area is 261 Å². The van der Waals surface area contributed by atoms with Crippen LogP contribution >= 0.6 is 11.6 Å². The van der Waals surface area contributed by atoms with Gasteiger partial charge in [-0.1, -0.05) is 72.3 Å². The van der Waals surface area contributed by atoms with E-state index in [9.17, 15) is 13.2 Å². The number of rotatable bonds is 12. The molecule has 0 spiro atoms. The molecule has 0 bridgehead atoms. The Balaban J connectivity index is 1.17. The summed E-state index contributed by atoms with van der Waals surface area (Å²) in [6.45, 7) is 6.12. The first-order valence-corrected chi connectivity index (χ1v) is 17.0. The van der Waals surface area contributed by atoms with Gasteiger partial charge in [0.1, 0.15) is 6.61 Å². The summed E-state index contributed by atoms with van der Waals surface area (Å²) in [6.07, 6.45) is 3.48. The Morgan fingerprint density at radius 1 is 1.00 bits per heavy atom. The predicted octanol–water partition coefficient (Wildman–Crippen LogP) is 6.43. The van der Waals surface area contributed by atoms with E-state index in [0.29, 0.717) is 28.9 Å². The van der Waals surface area contributed by atoms with Crippen LogP contribution in [0.15, 0.2) is 89.8 Å². The number of likely N-dealkylation sites (tertiary alicyclic amines) is 1. The monoisotopic (exact) mass is 623 g/mol. The summed E-state index contributed by atoms with van der Waals surface area (Å²) >= 11 is 6.39. The fraction of sp³-hybridized carbons (Fsp3) is 0.441. The lowest BCUT2D eigenvalue weighted by Crippen LogP contribution is -2.47. The molecule has 0 radical (unpaired) electrons. The van der Waals surface area contributed by atoms with Crippen molar-refractivity contribution in [3.05, 3.63) is 101 Å². The van der Waals surface area contributed by atoms with Gasteiger partial charge in [0.15, 0.2) is 0 Å². The minimum atomic E-state index is -3.61. The third-order valence-corrected chi connectivity index (χ3v) is 11.2. The van der Waals surface area contributed by atoms with Gasteiger partial charge in [-0.05, 0) is 80.5 Å². The van der Waals surface area contributed by atoms with Crippen molar-refractivity contribution in [1.82, 2.24) is 14.1 Å². The molecule has 5 rings (SSSR count). The molecule has 1 amide bonds. The van der Waals surface area contributed by atoms with Gasteiger partial charge in [0.2, 0.25) is 10.0 Å². The summed E-state index contributed by atoms with van der Waals surface area (Å²) < 4.78 is 33.9. The number of amides is 1. The Morgan fingerprint density at radius 2 is 1.67 bits per heavy atom. The van der Waals surface area contributed by atoms with Gasteiger partial charge in [-0.2, -0.15) is 0 Å². The highest BCUT2D eigenvalue weighted by molar-refractivity contribution is 7.89. The molecule has 3 aromatic rings. The summed E-state index contributed by atoms with van der Waals surface area (Å²) in [4.78, 5) is 17.5. The number of piperidine rings is 1. The zero-order valence-electron chi connectivity index (χ0n) is 25.1. The highest BCUT2D eigenvalue weighted by atomic mass is 35.5. The van der Waals surface area contributed by atoms with E-state index in [0.717, 1.165) is 56.4 Å². The van der Waals surface area contributed by atoms with Gasteiger partial charge in [-0.3, -0.25) is 0 Å². The molecular weight excluding hydrogens is 582 g/mol. The van der Waals surface area contributed by atoms with Crippen LogP contribution in [0.25, 0.3) is 0 Å². The van der Waals surface area contributed by atoms with Crippen molar-refractivity contribution in [1.29, 1.82) is 0 Å². The van der Waals surface area contributed by atoms with Crippen LogP contribution in [0.3, 0.4) is 0 Å². The molecule has 1 aliphatic heterocycles. The molecule has 0 unspecified atom stereocenters. The van der Waals surface area contributed by atoms with Crippen LogP contribution in [0.4, 0.5) is 4.79 Å². The lowest BCUT2D eigenvalue weighted by Gasteiger charge is -2.37. The Hall–Kier alpha value is -2.91. The molecule has 2 fully saturated rings. The molecule has 1 saturated heterocycles. The number of nitrogens with zero attached hydrogens (tertiary/aromatic N) is 3. The first-order chi connectivity index (χ1) is 20.7. The van der Waals surface area contributed by atoms with Crippen LogP contribution in [0.2, 0.25) is 5.02 Å². The van der Waals surface area contributed by atoms with E-state index in [2.05, 4.69) is 11.0 Å². The van der Waals surface area contributed by atoms with Gasteiger partial charge >= 0.3 is 6.09 Å². The maximum Gasteiger partial charge on any atom is 0.410 e. The second-order valence-electron chi connectivity index (χ2n) is 11.8. The maximum atomic E-state index is 13.4. The number of likely N-dealkylation sites (N-methyl/N-ethyl adjacent to an activating group) is 1. The second-order valence-corrected chi connectivity index (χ2v) is 14.3. The van der Waals surface area contributed by atoms with Gasteiger partial charge in [-0.25, -0.2) is 17.5 Å². The van der Waals surface area contributed by atoms with Gasteiger partial charge in [-0.15, -0.1) is 0 Å². The summed E-state index contributed by atoms with van der Waals surface area (Å²) in [7, 11) is -1.93. The third kappa shape index (κ3) is 7.43. The Bertz CT molecular complexity index is 1470. The molecule has 1 heterocycles. The van der Waals surface area contributed by atoms with Gasteiger partial charge < -0.3 is 14.5 Å². The van der Waals surface area contributed by atoms with Crippen molar-refractivity contribution in [3.8, 4) is 0 Å². The van der Waals surface area contributed by atoms with Gasteiger partial charge in [0.05, 0.1) is 4.90 Å². The van der Waals surface area contributed by atoms with Crippen molar-refractivity contribution < 1.29 is 17.9 Å². The van der Waals surface area contributed by atoms with Crippen LogP contribution in [-0.4, -0.2) is 74.4 Å². The summed E-state index contributed by atoms with van der Waals surface area (Å²) in [5.74, 6) is 0.359. The number of carbonyl (C=O) groups is 1. The van der Waals surface area contributed by atoms with Crippen molar-refractivity contribution >= 4 is 27.7 Å². The Kier molecular flexibility index (Phi) is 10.1. The van der Waals surface area contributed by atoms with E-state index >= 15 is 0 Å². The number of sulfonamides is 1. The van der Waals surface area contributed by atoms with Crippen molar-refractivity contribution in [3.63, 3.8) is 0 Å². The number of hydrogen-bond donors (Lipinski definition) is 0. The van der Waals surface area contributed by atoms with Gasteiger partial charge in [0.25, 0.3) is 0 Å². The first-order valence-electron chi connectivity index (χ1n) is 15.2. The average Bonchev–Trinajstić information content (AvgIpc) is 3.74. The van der Waals surface area contributed by atoms with Crippen LogP contribution in [0.5, 0.6) is 0 Å². The maximum absolute atomic E-state index is 13.4. The highest BCUT2D eigenvalue weighted by Gasteiger charge is 2.56. The van der Waals surface area contributed by atoms with E-state index in [1.165, 1.54) is 4.31 Å². The molecule has 0 N–H and O–H groups in total. The van der Waals surface area contributed by atoms with E-state index in [4.69, 9.17) is 16.3 Å². The standard InChI is InChI=1S/C34H42ClN3O4S/c1-3-38(33(39)42-25-27-11-6-4-7-12-27)31-18-21-37(22-19-31)20-17-29-24-34(29,28-13-10-14-30(35)23-28)26-36(2)43(40,41)32-15-8-5-9-16-32/h4-16,23,29,31H,3,17-22,24-26H2,1-2H3/t29-,34-/m1/s1. The third-order valence-electron chi connectivity index (χ3n) is 9.16. The van der Waals surface area contributed by atoms with Gasteiger partial charge in [0, 0.05) is 49.7 Å².